The third kappa shape index (κ3) is 4.48. The van der Waals surface area contributed by atoms with Crippen molar-refractivity contribution in [2.24, 2.45) is 11.8 Å². The van der Waals surface area contributed by atoms with Crippen molar-refractivity contribution in [3.8, 4) is 11.5 Å². The summed E-state index contributed by atoms with van der Waals surface area (Å²) in [6.45, 7) is 0.332. The normalized spacial score (nSPS) is 29.6. The zero-order valence-electron chi connectivity index (χ0n) is 22.8. The molecule has 2 aromatic carbocycles. The highest BCUT2D eigenvalue weighted by molar-refractivity contribution is 7.98. The molecule has 9 nitrogen and oxygen atoms in total. The van der Waals surface area contributed by atoms with E-state index < -0.39 is 29.6 Å². The van der Waals surface area contributed by atoms with Gasteiger partial charge in [-0.3, -0.25) is 14.4 Å². The predicted octanol–water partition coefficient (Wildman–Crippen LogP) is 3.88. The second-order valence-electron chi connectivity index (χ2n) is 11.4. The summed E-state index contributed by atoms with van der Waals surface area (Å²) < 4.78 is 17.5. The summed E-state index contributed by atoms with van der Waals surface area (Å²) in [4.78, 5) is 44.7. The van der Waals surface area contributed by atoms with Crippen LogP contribution in [0.1, 0.15) is 37.7 Å². The van der Waals surface area contributed by atoms with Crippen molar-refractivity contribution < 1.29 is 28.6 Å². The maximum absolute atomic E-state index is 14.3. The Kier molecular flexibility index (Phi) is 6.70. The van der Waals surface area contributed by atoms with Crippen LogP contribution >= 0.6 is 11.8 Å². The minimum atomic E-state index is -1.21. The molecule has 2 saturated heterocycles. The maximum atomic E-state index is 14.3. The maximum Gasteiger partial charge on any atom is 0.246 e. The first-order chi connectivity index (χ1) is 20.0. The van der Waals surface area contributed by atoms with E-state index in [1.165, 1.54) is 6.42 Å². The first-order valence-corrected chi connectivity index (χ1v) is 15.5. The van der Waals surface area contributed by atoms with E-state index in [0.29, 0.717) is 17.2 Å². The van der Waals surface area contributed by atoms with Crippen LogP contribution in [0.15, 0.2) is 59.5 Å². The zero-order chi connectivity index (χ0) is 28.1. The summed E-state index contributed by atoms with van der Waals surface area (Å²) in [5.41, 5.74) is 0.264. The standard InChI is InChI=1S/C31H33N3O6S/c1-41-21-9-5-8-20(15-21)33-28(35)25-23-12-13-31(40-23)26(25)30(37)34(16-18-10-11-22-24(14-18)39-17-38-22)27(31)29(36)32-19-6-3-2-4-7-19/h5,8-15,19,23,25-27H,2-4,6-7,16-17H2,1H3,(H,32,36)(H,33,35)/t23-,25-,26-,27-,31-/m0/s1. The Bertz CT molecular complexity index is 1420. The molecular formula is C31H33N3O6S. The first-order valence-electron chi connectivity index (χ1n) is 14.3. The molecule has 3 fully saturated rings. The van der Waals surface area contributed by atoms with E-state index in [4.69, 9.17) is 14.2 Å². The Morgan fingerprint density at radius 3 is 2.71 bits per heavy atom. The van der Waals surface area contributed by atoms with Gasteiger partial charge in [-0.1, -0.05) is 43.5 Å². The van der Waals surface area contributed by atoms with Gasteiger partial charge in [0.1, 0.15) is 11.6 Å². The minimum absolute atomic E-state index is 0.0691. The molecular weight excluding hydrogens is 542 g/mol. The van der Waals surface area contributed by atoms with Gasteiger partial charge in [0.2, 0.25) is 24.5 Å². The molecule has 0 aromatic heterocycles. The summed E-state index contributed by atoms with van der Waals surface area (Å²) in [5, 5.41) is 6.24. The van der Waals surface area contributed by atoms with E-state index >= 15 is 0 Å². The Balaban J connectivity index is 1.21. The van der Waals surface area contributed by atoms with Gasteiger partial charge in [-0.2, -0.15) is 0 Å². The highest BCUT2D eigenvalue weighted by atomic mass is 32.2. The summed E-state index contributed by atoms with van der Waals surface area (Å²) in [6, 6.07) is 12.3. The molecule has 10 heteroatoms. The number of ether oxygens (including phenoxy) is 3. The third-order valence-corrected chi connectivity index (χ3v) is 9.73. The molecule has 4 heterocycles. The van der Waals surface area contributed by atoms with Crippen molar-refractivity contribution in [1.29, 1.82) is 0 Å². The fourth-order valence-electron chi connectivity index (χ4n) is 7.13. The summed E-state index contributed by atoms with van der Waals surface area (Å²) in [7, 11) is 0. The Morgan fingerprint density at radius 2 is 1.88 bits per heavy atom. The molecule has 2 aromatic rings. The van der Waals surface area contributed by atoms with Crippen LogP contribution in [0.3, 0.4) is 0 Å². The second-order valence-corrected chi connectivity index (χ2v) is 12.3. The number of amides is 3. The van der Waals surface area contributed by atoms with Crippen molar-refractivity contribution >= 4 is 35.2 Å². The number of hydrogen-bond donors (Lipinski definition) is 2. The van der Waals surface area contributed by atoms with Crippen LogP contribution in [0.4, 0.5) is 5.69 Å². The number of carbonyl (C=O) groups is 3. The van der Waals surface area contributed by atoms with Gasteiger partial charge >= 0.3 is 0 Å². The van der Waals surface area contributed by atoms with Crippen LogP contribution < -0.4 is 20.1 Å². The smallest absolute Gasteiger partial charge is 0.246 e. The average molecular weight is 576 g/mol. The molecule has 5 atom stereocenters. The molecule has 1 spiro atoms. The van der Waals surface area contributed by atoms with Crippen molar-refractivity contribution in [3.63, 3.8) is 0 Å². The van der Waals surface area contributed by atoms with Crippen molar-refractivity contribution in [2.45, 2.75) is 67.3 Å². The van der Waals surface area contributed by atoms with Gasteiger partial charge in [0.25, 0.3) is 0 Å². The largest absolute Gasteiger partial charge is 0.454 e. The van der Waals surface area contributed by atoms with E-state index in [9.17, 15) is 14.4 Å². The second kappa shape index (κ2) is 10.4. The number of fused-ring (bicyclic) bond motifs is 2. The van der Waals surface area contributed by atoms with Crippen LogP contribution in [0.25, 0.3) is 0 Å². The molecule has 0 radical (unpaired) electrons. The summed E-state index contributed by atoms with van der Waals surface area (Å²) >= 11 is 1.59. The topological polar surface area (TPSA) is 106 Å². The van der Waals surface area contributed by atoms with Crippen LogP contribution in [-0.4, -0.2) is 59.5 Å². The van der Waals surface area contributed by atoms with Gasteiger partial charge in [0.05, 0.1) is 17.9 Å². The van der Waals surface area contributed by atoms with E-state index in [-0.39, 0.29) is 37.1 Å². The van der Waals surface area contributed by atoms with E-state index in [1.807, 2.05) is 60.9 Å². The highest BCUT2D eigenvalue weighted by Crippen LogP contribution is 2.55. The van der Waals surface area contributed by atoms with Gasteiger partial charge in [-0.15, -0.1) is 11.8 Å². The lowest BCUT2D eigenvalue weighted by Crippen LogP contribution is -2.56. The van der Waals surface area contributed by atoms with E-state index in [1.54, 1.807) is 16.7 Å². The average Bonchev–Trinajstić information content (AvgIpc) is 3.74. The molecule has 41 heavy (non-hydrogen) atoms. The number of nitrogens with one attached hydrogen (secondary N) is 2. The number of rotatable bonds is 7. The molecule has 5 aliphatic rings. The van der Waals surface area contributed by atoms with Crippen LogP contribution in [-0.2, 0) is 25.7 Å². The molecule has 2 N–H and O–H groups in total. The van der Waals surface area contributed by atoms with Crippen LogP contribution in [0.2, 0.25) is 0 Å². The molecule has 1 aliphatic carbocycles. The fraction of sp³-hybridized carbons (Fsp3) is 0.452. The Hall–Kier alpha value is -3.50. The number of likely N-dealkylation sites (tertiary alicyclic amines) is 1. The van der Waals surface area contributed by atoms with Gasteiger partial charge < -0.3 is 29.7 Å². The Labute approximate surface area is 243 Å². The van der Waals surface area contributed by atoms with Crippen molar-refractivity contribution in [3.05, 3.63) is 60.2 Å². The monoisotopic (exact) mass is 575 g/mol. The van der Waals surface area contributed by atoms with E-state index in [0.717, 1.165) is 36.1 Å². The van der Waals surface area contributed by atoms with Gasteiger partial charge in [-0.25, -0.2) is 0 Å². The Morgan fingerprint density at radius 1 is 1.05 bits per heavy atom. The van der Waals surface area contributed by atoms with Crippen LogP contribution in [0.5, 0.6) is 11.5 Å². The molecule has 214 valence electrons. The number of anilines is 1. The SMILES string of the molecule is CSc1cccc(NC(=O)[C@H]2[C@@H]3C=C[C@]4(O3)[C@@H]2C(=O)N(Cc2ccc3c(c2)OCO3)[C@H]4C(=O)NC2CCCCC2)c1. The van der Waals surface area contributed by atoms with Gasteiger partial charge in [0, 0.05) is 23.2 Å². The number of carbonyl (C=O) groups excluding carboxylic acids is 3. The number of nitrogens with zero attached hydrogens (tertiary/aromatic N) is 1. The lowest BCUT2D eigenvalue weighted by Gasteiger charge is -2.34. The minimum Gasteiger partial charge on any atom is -0.454 e. The molecule has 4 aliphatic heterocycles. The molecule has 0 unspecified atom stereocenters. The first kappa shape index (κ1) is 26.4. The van der Waals surface area contributed by atoms with Gasteiger partial charge in [0.15, 0.2) is 11.5 Å². The number of thioether (sulfide) groups is 1. The van der Waals surface area contributed by atoms with Gasteiger partial charge in [-0.05, 0) is 55.0 Å². The summed E-state index contributed by atoms with van der Waals surface area (Å²) in [5.74, 6) is -1.07. The van der Waals surface area contributed by atoms with Crippen molar-refractivity contribution in [2.75, 3.05) is 18.4 Å². The third-order valence-electron chi connectivity index (χ3n) is 9.00. The predicted molar refractivity (Wildman–Crippen MR) is 152 cm³/mol. The van der Waals surface area contributed by atoms with Crippen LogP contribution in [0, 0.1) is 11.8 Å². The molecule has 3 amide bonds. The number of benzene rings is 2. The zero-order valence-corrected chi connectivity index (χ0v) is 23.7. The quantitative estimate of drug-likeness (QED) is 0.381. The molecule has 7 rings (SSSR count). The lowest BCUT2D eigenvalue weighted by molar-refractivity contribution is -0.142. The lowest BCUT2D eigenvalue weighted by atomic mass is 9.74. The number of hydrogen-bond acceptors (Lipinski definition) is 7. The van der Waals surface area contributed by atoms with E-state index in [2.05, 4.69) is 10.6 Å². The fourth-order valence-corrected chi connectivity index (χ4v) is 7.59. The van der Waals surface area contributed by atoms with Crippen molar-refractivity contribution in [1.82, 2.24) is 10.2 Å². The molecule has 1 saturated carbocycles. The molecule has 2 bridgehead atoms. The summed E-state index contributed by atoms with van der Waals surface area (Å²) in [6.07, 6.45) is 10.2. The highest BCUT2D eigenvalue weighted by Gasteiger charge is 2.72.